The second-order valence-corrected chi connectivity index (χ2v) is 10.5. The highest BCUT2D eigenvalue weighted by Gasteiger charge is 2.48. The molecule has 6 nitrogen and oxygen atoms in total. The molecule has 0 unspecified atom stereocenters. The molecule has 21 heavy (non-hydrogen) atoms. The number of carbonyl (C=O) groups excluding carboxylic acids is 1. The van der Waals surface area contributed by atoms with Crippen molar-refractivity contribution in [1.29, 1.82) is 0 Å². The summed E-state index contributed by atoms with van der Waals surface area (Å²) in [6, 6.07) is -0.785. The van der Waals surface area contributed by atoms with Gasteiger partial charge in [0.05, 0.1) is 12.1 Å². The Bertz CT molecular complexity index is 449. The van der Waals surface area contributed by atoms with Crippen LogP contribution in [-0.2, 0) is 9.22 Å². The average molecular weight is 324 g/mol. The summed E-state index contributed by atoms with van der Waals surface area (Å²) in [6.07, 6.45) is -5.61. The maximum atomic E-state index is 12.5. The smallest absolute Gasteiger partial charge is 0.412 e. The van der Waals surface area contributed by atoms with E-state index in [4.69, 9.17) is 9.96 Å². The number of azide groups is 1. The Balaban J connectivity index is 2.88. The quantitative estimate of drug-likeness (QED) is 0.345. The van der Waals surface area contributed by atoms with Gasteiger partial charge in [0, 0.05) is 18.0 Å². The highest BCUT2D eigenvalue weighted by Crippen LogP contribution is 2.29. The van der Waals surface area contributed by atoms with Crippen molar-refractivity contribution in [3.63, 3.8) is 0 Å². The number of nitrogens with zero attached hydrogens (tertiary/aromatic N) is 4. The number of likely N-dealkylation sites (tertiary alicyclic amines) is 1. The molecule has 1 rings (SSSR count). The summed E-state index contributed by atoms with van der Waals surface area (Å²) in [5, 5.41) is 3.48. The lowest BCUT2D eigenvalue weighted by molar-refractivity contribution is -0.184. The van der Waals surface area contributed by atoms with E-state index >= 15 is 0 Å². The summed E-state index contributed by atoms with van der Waals surface area (Å²) in [5.74, 6) is -1.92. The zero-order chi connectivity index (χ0) is 16.4. The fourth-order valence-corrected chi connectivity index (χ4v) is 3.21. The average Bonchev–Trinajstić information content (AvgIpc) is 2.69. The number of rotatable bonds is 4. The summed E-state index contributed by atoms with van der Waals surface area (Å²) in [6.45, 7) is 7.36. The van der Waals surface area contributed by atoms with Gasteiger partial charge in [-0.05, 0) is 24.2 Å². The molecule has 0 N–H and O–H groups in total. The molecular formula is C11H19F3N4O2Si. The monoisotopic (exact) mass is 324 g/mol. The van der Waals surface area contributed by atoms with E-state index in [0.29, 0.717) is 4.90 Å². The summed E-state index contributed by atoms with van der Waals surface area (Å²) >= 11 is 0. The Morgan fingerprint density at radius 2 is 2.00 bits per heavy atom. The molecule has 1 heterocycles. The Morgan fingerprint density at radius 3 is 2.43 bits per heavy atom. The molecule has 10 heteroatoms. The number of amides is 1. The molecule has 120 valence electrons. The predicted molar refractivity (Wildman–Crippen MR) is 73.0 cm³/mol. The molecule has 0 aromatic rings. The van der Waals surface area contributed by atoms with E-state index in [1.807, 2.05) is 26.9 Å². The third kappa shape index (κ3) is 4.35. The van der Waals surface area contributed by atoms with Gasteiger partial charge in [0.1, 0.15) is 0 Å². The molecule has 0 spiro atoms. The Morgan fingerprint density at radius 1 is 1.43 bits per heavy atom. The van der Waals surface area contributed by atoms with Gasteiger partial charge in [-0.3, -0.25) is 4.79 Å². The van der Waals surface area contributed by atoms with E-state index < -0.39 is 32.5 Å². The molecule has 0 saturated carbocycles. The van der Waals surface area contributed by atoms with Crippen LogP contribution in [0, 0.1) is 0 Å². The van der Waals surface area contributed by atoms with Crippen LogP contribution in [0.3, 0.4) is 0 Å². The Hall–Kier alpha value is -1.25. The van der Waals surface area contributed by atoms with Gasteiger partial charge >= 0.3 is 12.1 Å². The molecule has 0 bridgehead atoms. The fraction of sp³-hybridized carbons (Fsp3) is 0.909. The molecule has 0 aliphatic carbocycles. The zero-order valence-electron chi connectivity index (χ0n) is 12.4. The number of alkyl halides is 3. The van der Waals surface area contributed by atoms with Crippen LogP contribution in [0.5, 0.6) is 0 Å². The zero-order valence-corrected chi connectivity index (χ0v) is 13.4. The SMILES string of the molecule is CC(C)[Si](C)(C)O[C@H]1CN(C(=O)C(F)(F)F)C[C@@H]1N=[N+]=[N-]. The van der Waals surface area contributed by atoms with E-state index in [2.05, 4.69) is 10.0 Å². The maximum absolute atomic E-state index is 12.5. The molecule has 1 amide bonds. The van der Waals surface area contributed by atoms with Crippen LogP contribution < -0.4 is 0 Å². The summed E-state index contributed by atoms with van der Waals surface area (Å²) in [5.41, 5.74) is 8.77. The Labute approximate surface area is 122 Å². The summed E-state index contributed by atoms with van der Waals surface area (Å²) in [7, 11) is -2.13. The van der Waals surface area contributed by atoms with Crippen LogP contribution in [0.4, 0.5) is 13.2 Å². The molecule has 1 aliphatic rings. The van der Waals surface area contributed by atoms with Crippen molar-refractivity contribution >= 4 is 14.2 Å². The molecule has 0 radical (unpaired) electrons. The lowest BCUT2D eigenvalue weighted by Gasteiger charge is -2.31. The number of halogens is 3. The van der Waals surface area contributed by atoms with Crippen molar-refractivity contribution in [3.8, 4) is 0 Å². The van der Waals surface area contributed by atoms with Crippen LogP contribution in [-0.4, -0.2) is 50.5 Å². The van der Waals surface area contributed by atoms with Crippen molar-refractivity contribution in [1.82, 2.24) is 4.90 Å². The van der Waals surface area contributed by atoms with Gasteiger partial charge in [-0.2, -0.15) is 13.2 Å². The van der Waals surface area contributed by atoms with Crippen molar-refractivity contribution < 1.29 is 22.4 Å². The largest absolute Gasteiger partial charge is 0.471 e. The maximum Gasteiger partial charge on any atom is 0.471 e. The third-order valence-electron chi connectivity index (χ3n) is 3.81. The van der Waals surface area contributed by atoms with Gasteiger partial charge in [-0.15, -0.1) is 0 Å². The standard InChI is InChI=1S/C11H19F3N4O2Si/c1-7(2)21(3,4)20-9-6-18(5-8(9)16-17-15)10(19)11(12,13)14/h7-9H,5-6H2,1-4H3/t8-,9-/m0/s1. The minimum Gasteiger partial charge on any atom is -0.412 e. The minimum atomic E-state index is -4.93. The molecule has 2 atom stereocenters. The molecule has 0 aromatic carbocycles. The van der Waals surface area contributed by atoms with Crippen molar-refractivity contribution in [2.45, 2.75) is 50.8 Å². The second-order valence-electron chi connectivity index (χ2n) is 5.89. The summed E-state index contributed by atoms with van der Waals surface area (Å²) in [4.78, 5) is 14.6. The molecule has 1 saturated heterocycles. The number of carbonyl (C=O) groups is 1. The van der Waals surface area contributed by atoms with Crippen LogP contribution in [0.25, 0.3) is 10.4 Å². The van der Waals surface area contributed by atoms with E-state index in [0.717, 1.165) is 0 Å². The van der Waals surface area contributed by atoms with Crippen molar-refractivity contribution in [3.05, 3.63) is 10.4 Å². The normalized spacial score (nSPS) is 23.3. The third-order valence-corrected chi connectivity index (χ3v) is 7.50. The number of hydrogen-bond donors (Lipinski definition) is 0. The highest BCUT2D eigenvalue weighted by atomic mass is 28.4. The second kappa shape index (κ2) is 6.25. The van der Waals surface area contributed by atoms with Gasteiger partial charge in [0.25, 0.3) is 0 Å². The fourth-order valence-electron chi connectivity index (χ4n) is 1.92. The highest BCUT2D eigenvalue weighted by molar-refractivity contribution is 6.72. The van der Waals surface area contributed by atoms with E-state index in [-0.39, 0.29) is 18.6 Å². The molecule has 1 fully saturated rings. The minimum absolute atomic E-state index is 0.203. The van der Waals surface area contributed by atoms with Crippen LogP contribution in [0.2, 0.25) is 18.6 Å². The number of hydrogen-bond acceptors (Lipinski definition) is 3. The van der Waals surface area contributed by atoms with Gasteiger partial charge in [-0.25, -0.2) is 0 Å². The first-order valence-electron chi connectivity index (χ1n) is 6.57. The van der Waals surface area contributed by atoms with E-state index in [1.54, 1.807) is 0 Å². The van der Waals surface area contributed by atoms with Crippen LogP contribution >= 0.6 is 0 Å². The predicted octanol–water partition coefficient (Wildman–Crippen LogP) is 3.07. The van der Waals surface area contributed by atoms with Gasteiger partial charge in [0.2, 0.25) is 0 Å². The lowest BCUT2D eigenvalue weighted by atomic mass is 10.2. The first kappa shape index (κ1) is 17.8. The molecular weight excluding hydrogens is 305 g/mol. The van der Waals surface area contributed by atoms with Gasteiger partial charge < -0.3 is 9.33 Å². The van der Waals surface area contributed by atoms with Gasteiger partial charge in [-0.1, -0.05) is 19.0 Å². The van der Waals surface area contributed by atoms with E-state index in [1.165, 1.54) is 0 Å². The van der Waals surface area contributed by atoms with Crippen LogP contribution in [0.15, 0.2) is 5.11 Å². The van der Waals surface area contributed by atoms with Crippen molar-refractivity contribution in [2.75, 3.05) is 13.1 Å². The van der Waals surface area contributed by atoms with E-state index in [9.17, 15) is 18.0 Å². The van der Waals surface area contributed by atoms with Gasteiger partial charge in [0.15, 0.2) is 8.32 Å². The first-order chi connectivity index (χ1) is 9.49. The van der Waals surface area contributed by atoms with Crippen molar-refractivity contribution in [2.24, 2.45) is 5.11 Å². The summed E-state index contributed by atoms with van der Waals surface area (Å²) < 4.78 is 43.4. The molecule has 0 aromatic heterocycles. The first-order valence-corrected chi connectivity index (χ1v) is 9.55. The van der Waals surface area contributed by atoms with Crippen LogP contribution in [0.1, 0.15) is 13.8 Å². The lowest BCUT2D eigenvalue weighted by Crippen LogP contribution is -2.43. The molecule has 1 aliphatic heterocycles. The topological polar surface area (TPSA) is 78.3 Å². The Kier molecular flexibility index (Phi) is 5.29.